The van der Waals surface area contributed by atoms with E-state index < -0.39 is 13.9 Å². The van der Waals surface area contributed by atoms with Crippen LogP contribution in [0.25, 0.3) is 0 Å². The zero-order valence-electron chi connectivity index (χ0n) is 20.0. The zero-order chi connectivity index (χ0) is 23.4. The molecular formula is C26H37NO4Si. The van der Waals surface area contributed by atoms with Gasteiger partial charge in [0.25, 0.3) is 8.32 Å². The summed E-state index contributed by atoms with van der Waals surface area (Å²) in [6, 6.07) is 20.1. The minimum absolute atomic E-state index is 0.0691. The van der Waals surface area contributed by atoms with Gasteiger partial charge in [0.05, 0.1) is 19.3 Å². The molecule has 1 amide bonds. The maximum absolute atomic E-state index is 12.5. The number of benzene rings is 2. The van der Waals surface area contributed by atoms with Gasteiger partial charge in [-0.15, -0.1) is 0 Å². The molecular weight excluding hydrogens is 418 g/mol. The monoisotopic (exact) mass is 455 g/mol. The number of morpholine rings is 1. The Bertz CT molecular complexity index is 840. The van der Waals surface area contributed by atoms with Crippen LogP contribution in [0.2, 0.25) is 5.04 Å². The fourth-order valence-electron chi connectivity index (χ4n) is 4.40. The second-order valence-corrected chi connectivity index (χ2v) is 14.2. The Morgan fingerprint density at radius 1 is 1.03 bits per heavy atom. The van der Waals surface area contributed by atoms with Crippen LogP contribution in [-0.4, -0.2) is 55.5 Å². The predicted octanol–water partition coefficient (Wildman–Crippen LogP) is 3.93. The number of hydrogen-bond acceptors (Lipinski definition) is 4. The Kier molecular flexibility index (Phi) is 7.48. The summed E-state index contributed by atoms with van der Waals surface area (Å²) in [6.07, 6.45) is 1.19. The van der Waals surface area contributed by atoms with Crippen LogP contribution in [0.1, 0.15) is 47.5 Å². The van der Waals surface area contributed by atoms with Gasteiger partial charge in [-0.25, -0.2) is 4.79 Å². The van der Waals surface area contributed by atoms with Crippen LogP contribution >= 0.6 is 0 Å². The highest BCUT2D eigenvalue weighted by Crippen LogP contribution is 2.40. The normalized spacial score (nSPS) is 17.8. The van der Waals surface area contributed by atoms with Gasteiger partial charge in [-0.2, -0.15) is 0 Å². The Labute approximate surface area is 193 Å². The highest BCUT2D eigenvalue weighted by molar-refractivity contribution is 6.98. The molecule has 1 atom stereocenters. The average Bonchev–Trinajstić information content (AvgIpc) is 2.77. The van der Waals surface area contributed by atoms with E-state index in [4.69, 9.17) is 9.47 Å². The molecule has 6 heteroatoms. The summed E-state index contributed by atoms with van der Waals surface area (Å²) in [7, 11) is -3.05. The third-order valence-corrected chi connectivity index (χ3v) is 10.8. The number of carbonyl (C=O) groups is 1. The molecule has 32 heavy (non-hydrogen) atoms. The smallest absolute Gasteiger partial charge is 0.410 e. The standard InChI is InChI=1S/C26H37NO4Si/c1-25(2,3)31-24(28)27-18-19-30-21(20-27)16-17-26(4,5)32(29,22-12-8-6-9-13-22)23-14-10-7-11-15-23/h6-15,21,29H,16-20H2,1-5H3/t21-/m1/s1. The van der Waals surface area contributed by atoms with Crippen LogP contribution in [0.3, 0.4) is 0 Å². The van der Waals surface area contributed by atoms with Crippen molar-refractivity contribution in [2.24, 2.45) is 0 Å². The van der Waals surface area contributed by atoms with Crippen molar-refractivity contribution in [3.05, 3.63) is 60.7 Å². The van der Waals surface area contributed by atoms with E-state index in [0.717, 1.165) is 23.2 Å². The Morgan fingerprint density at radius 3 is 2.06 bits per heavy atom. The first kappa shape index (κ1) is 24.5. The maximum Gasteiger partial charge on any atom is 0.410 e. The van der Waals surface area contributed by atoms with Gasteiger partial charge in [0.2, 0.25) is 0 Å². The number of amides is 1. The summed E-state index contributed by atoms with van der Waals surface area (Å²) in [6.45, 7) is 11.5. The van der Waals surface area contributed by atoms with E-state index in [-0.39, 0.29) is 17.2 Å². The van der Waals surface area contributed by atoms with Gasteiger partial charge in [-0.05, 0) is 49.0 Å². The van der Waals surface area contributed by atoms with E-state index in [1.54, 1.807) is 4.90 Å². The number of carbonyl (C=O) groups excluding carboxylic acids is 1. The van der Waals surface area contributed by atoms with Crippen molar-refractivity contribution in [2.45, 2.75) is 64.2 Å². The summed E-state index contributed by atoms with van der Waals surface area (Å²) in [4.78, 5) is 26.5. The third-order valence-electron chi connectivity index (χ3n) is 6.24. The van der Waals surface area contributed by atoms with Gasteiger partial charge >= 0.3 is 6.09 Å². The SMILES string of the molecule is CC(C)(C)OC(=O)N1CCO[C@H](CCC(C)(C)[Si](O)(c2ccccc2)c2ccccc2)C1. The molecule has 0 spiro atoms. The Hall–Kier alpha value is -2.15. The third kappa shape index (κ3) is 5.60. The molecule has 2 aromatic carbocycles. The van der Waals surface area contributed by atoms with Crippen LogP contribution in [0.4, 0.5) is 4.79 Å². The molecule has 1 saturated heterocycles. The topological polar surface area (TPSA) is 59.0 Å². The number of nitrogens with zero attached hydrogens (tertiary/aromatic N) is 1. The van der Waals surface area contributed by atoms with Gasteiger partial charge < -0.3 is 19.2 Å². The lowest BCUT2D eigenvalue weighted by Crippen LogP contribution is -2.65. The second kappa shape index (κ2) is 9.77. The lowest BCUT2D eigenvalue weighted by Gasteiger charge is -2.42. The molecule has 1 aliphatic heterocycles. The fraction of sp³-hybridized carbons (Fsp3) is 0.500. The molecule has 1 heterocycles. The predicted molar refractivity (Wildman–Crippen MR) is 131 cm³/mol. The quantitative estimate of drug-likeness (QED) is 0.671. The molecule has 5 nitrogen and oxygen atoms in total. The van der Waals surface area contributed by atoms with Crippen LogP contribution < -0.4 is 10.4 Å². The molecule has 0 unspecified atom stereocenters. The Balaban J connectivity index is 1.75. The first-order chi connectivity index (χ1) is 15.0. The Morgan fingerprint density at radius 2 is 1.56 bits per heavy atom. The van der Waals surface area contributed by atoms with Crippen LogP contribution in [-0.2, 0) is 9.47 Å². The van der Waals surface area contributed by atoms with Crippen molar-refractivity contribution < 1.29 is 19.1 Å². The molecule has 174 valence electrons. The van der Waals surface area contributed by atoms with Crippen molar-refractivity contribution in [3.8, 4) is 0 Å². The largest absolute Gasteiger partial charge is 0.444 e. The molecule has 0 bridgehead atoms. The van der Waals surface area contributed by atoms with Crippen molar-refractivity contribution in [2.75, 3.05) is 19.7 Å². The molecule has 0 saturated carbocycles. The van der Waals surface area contributed by atoms with Gasteiger partial charge in [0.15, 0.2) is 0 Å². The van der Waals surface area contributed by atoms with Crippen molar-refractivity contribution >= 4 is 24.8 Å². The van der Waals surface area contributed by atoms with E-state index >= 15 is 0 Å². The lowest BCUT2D eigenvalue weighted by molar-refractivity contribution is -0.0458. The molecule has 1 aliphatic rings. The minimum atomic E-state index is -3.05. The summed E-state index contributed by atoms with van der Waals surface area (Å²) in [5, 5.41) is 1.68. The second-order valence-electron chi connectivity index (χ2n) is 10.3. The van der Waals surface area contributed by atoms with Gasteiger partial charge in [0, 0.05) is 6.54 Å². The molecule has 1 N–H and O–H groups in total. The van der Waals surface area contributed by atoms with Gasteiger partial charge in [0.1, 0.15) is 5.60 Å². The highest BCUT2D eigenvalue weighted by Gasteiger charge is 2.49. The van der Waals surface area contributed by atoms with Gasteiger partial charge in [-0.3, -0.25) is 0 Å². The molecule has 0 radical (unpaired) electrons. The molecule has 0 aliphatic carbocycles. The van der Waals surface area contributed by atoms with Crippen LogP contribution in [0, 0.1) is 0 Å². The van der Waals surface area contributed by atoms with Gasteiger partial charge in [-0.1, -0.05) is 74.5 Å². The lowest BCUT2D eigenvalue weighted by atomic mass is 10.0. The van der Waals surface area contributed by atoms with Crippen LogP contribution in [0.5, 0.6) is 0 Å². The molecule has 0 aromatic heterocycles. The molecule has 1 fully saturated rings. The summed E-state index contributed by atoms with van der Waals surface area (Å²) < 4.78 is 11.5. The van der Waals surface area contributed by atoms with Crippen molar-refractivity contribution in [1.29, 1.82) is 0 Å². The zero-order valence-corrected chi connectivity index (χ0v) is 21.0. The fourth-order valence-corrected chi connectivity index (χ4v) is 8.15. The van der Waals surface area contributed by atoms with E-state index in [0.29, 0.717) is 19.7 Å². The summed E-state index contributed by atoms with van der Waals surface area (Å²) in [5.74, 6) is 0. The maximum atomic E-state index is 12.5. The molecule has 3 rings (SSSR count). The number of ether oxygens (including phenoxy) is 2. The average molecular weight is 456 g/mol. The summed E-state index contributed by atoms with van der Waals surface area (Å²) >= 11 is 0. The first-order valence-corrected chi connectivity index (χ1v) is 13.4. The van der Waals surface area contributed by atoms with Crippen molar-refractivity contribution in [1.82, 2.24) is 4.90 Å². The first-order valence-electron chi connectivity index (χ1n) is 11.5. The summed E-state index contributed by atoms with van der Waals surface area (Å²) in [5.41, 5.74) is -0.514. The van der Waals surface area contributed by atoms with Crippen molar-refractivity contribution in [3.63, 3.8) is 0 Å². The van der Waals surface area contributed by atoms with E-state index in [1.165, 1.54) is 0 Å². The highest BCUT2D eigenvalue weighted by atomic mass is 28.4. The number of rotatable bonds is 6. The van der Waals surface area contributed by atoms with E-state index in [9.17, 15) is 9.59 Å². The van der Waals surface area contributed by atoms with E-state index in [2.05, 4.69) is 13.8 Å². The van der Waals surface area contributed by atoms with E-state index in [1.807, 2.05) is 81.4 Å². The minimum Gasteiger partial charge on any atom is -0.444 e. The molecule has 2 aromatic rings. The van der Waals surface area contributed by atoms with Crippen LogP contribution in [0.15, 0.2) is 60.7 Å². The number of hydrogen-bond donors (Lipinski definition) is 1.